The van der Waals surface area contributed by atoms with Gasteiger partial charge in [0.25, 0.3) is 5.89 Å². The van der Waals surface area contributed by atoms with Gasteiger partial charge in [0.05, 0.1) is 5.56 Å². The maximum Gasteiger partial charge on any atom is 0.251 e. The van der Waals surface area contributed by atoms with Gasteiger partial charge < -0.3 is 9.32 Å². The van der Waals surface area contributed by atoms with Gasteiger partial charge >= 0.3 is 0 Å². The third-order valence-corrected chi connectivity index (χ3v) is 3.14. The standard InChI is InChI=1S/C16H14FN3O/c1-20(2)12-7-5-6-11(10-12)15-18-19-16(21-15)13-8-3-4-9-14(13)17/h3-10H,1-2H3. The van der Waals surface area contributed by atoms with E-state index >= 15 is 0 Å². The van der Waals surface area contributed by atoms with Crippen molar-refractivity contribution >= 4 is 5.69 Å². The molecule has 0 atom stereocenters. The topological polar surface area (TPSA) is 42.2 Å². The second-order valence-corrected chi connectivity index (χ2v) is 4.84. The van der Waals surface area contributed by atoms with Gasteiger partial charge in [0, 0.05) is 25.3 Å². The molecule has 0 amide bonds. The molecule has 1 aromatic heterocycles. The predicted octanol–water partition coefficient (Wildman–Crippen LogP) is 3.61. The van der Waals surface area contributed by atoms with Crippen molar-refractivity contribution in [2.45, 2.75) is 0 Å². The molecule has 0 spiro atoms. The first-order valence-electron chi connectivity index (χ1n) is 6.51. The fourth-order valence-corrected chi connectivity index (χ4v) is 2.00. The first-order valence-corrected chi connectivity index (χ1v) is 6.51. The van der Waals surface area contributed by atoms with Gasteiger partial charge in [-0.05, 0) is 30.3 Å². The van der Waals surface area contributed by atoms with Gasteiger partial charge in [-0.15, -0.1) is 10.2 Å². The monoisotopic (exact) mass is 283 g/mol. The predicted molar refractivity (Wildman–Crippen MR) is 79.5 cm³/mol. The number of anilines is 1. The molecule has 0 saturated heterocycles. The van der Waals surface area contributed by atoms with Crippen molar-refractivity contribution in [2.75, 3.05) is 19.0 Å². The molecule has 0 saturated carbocycles. The van der Waals surface area contributed by atoms with E-state index in [1.54, 1.807) is 18.2 Å². The number of nitrogens with zero attached hydrogens (tertiary/aromatic N) is 3. The van der Waals surface area contributed by atoms with Crippen LogP contribution in [0.5, 0.6) is 0 Å². The molecule has 0 aliphatic rings. The van der Waals surface area contributed by atoms with Crippen LogP contribution in [0.15, 0.2) is 52.9 Å². The van der Waals surface area contributed by atoms with Crippen molar-refractivity contribution < 1.29 is 8.81 Å². The van der Waals surface area contributed by atoms with Gasteiger partial charge in [0.15, 0.2) is 0 Å². The lowest BCUT2D eigenvalue weighted by atomic mass is 10.2. The molecule has 0 fully saturated rings. The van der Waals surface area contributed by atoms with E-state index in [4.69, 9.17) is 4.42 Å². The Labute approximate surface area is 121 Å². The third-order valence-electron chi connectivity index (χ3n) is 3.14. The van der Waals surface area contributed by atoms with E-state index in [0.29, 0.717) is 11.5 Å². The molecular weight excluding hydrogens is 269 g/mol. The highest BCUT2D eigenvalue weighted by atomic mass is 19.1. The molecule has 4 nitrogen and oxygen atoms in total. The van der Waals surface area contributed by atoms with E-state index in [-0.39, 0.29) is 11.7 Å². The highest BCUT2D eigenvalue weighted by Gasteiger charge is 2.14. The molecular formula is C16H14FN3O. The normalized spacial score (nSPS) is 10.6. The fourth-order valence-electron chi connectivity index (χ4n) is 2.00. The maximum atomic E-state index is 13.7. The second-order valence-electron chi connectivity index (χ2n) is 4.84. The van der Waals surface area contributed by atoms with Gasteiger partial charge in [0.1, 0.15) is 5.82 Å². The zero-order valence-corrected chi connectivity index (χ0v) is 11.7. The van der Waals surface area contributed by atoms with Crippen molar-refractivity contribution in [2.24, 2.45) is 0 Å². The van der Waals surface area contributed by atoms with Crippen LogP contribution < -0.4 is 4.90 Å². The fraction of sp³-hybridized carbons (Fsp3) is 0.125. The quantitative estimate of drug-likeness (QED) is 0.736. The van der Waals surface area contributed by atoms with E-state index in [1.165, 1.54) is 6.07 Å². The first kappa shape index (κ1) is 13.3. The summed E-state index contributed by atoms with van der Waals surface area (Å²) >= 11 is 0. The summed E-state index contributed by atoms with van der Waals surface area (Å²) in [6.45, 7) is 0. The lowest BCUT2D eigenvalue weighted by Crippen LogP contribution is -2.08. The summed E-state index contributed by atoms with van der Waals surface area (Å²) in [5, 5.41) is 7.93. The van der Waals surface area contributed by atoms with Gasteiger partial charge in [-0.25, -0.2) is 4.39 Å². The minimum absolute atomic E-state index is 0.179. The number of aromatic nitrogens is 2. The van der Waals surface area contributed by atoms with Crippen LogP contribution in [-0.4, -0.2) is 24.3 Å². The minimum atomic E-state index is -0.380. The molecule has 5 heteroatoms. The van der Waals surface area contributed by atoms with Crippen LogP contribution in [0.4, 0.5) is 10.1 Å². The lowest BCUT2D eigenvalue weighted by Gasteiger charge is -2.12. The largest absolute Gasteiger partial charge is 0.416 e. The molecule has 0 aliphatic heterocycles. The second kappa shape index (κ2) is 5.36. The smallest absolute Gasteiger partial charge is 0.251 e. The van der Waals surface area contributed by atoms with E-state index in [1.807, 2.05) is 43.3 Å². The molecule has 2 aromatic carbocycles. The van der Waals surface area contributed by atoms with Crippen LogP contribution in [0.1, 0.15) is 0 Å². The number of hydrogen-bond donors (Lipinski definition) is 0. The summed E-state index contributed by atoms with van der Waals surface area (Å²) in [5.74, 6) is 0.171. The number of benzene rings is 2. The molecule has 1 heterocycles. The van der Waals surface area contributed by atoms with Gasteiger partial charge in [-0.3, -0.25) is 0 Å². The minimum Gasteiger partial charge on any atom is -0.416 e. The summed E-state index contributed by atoms with van der Waals surface area (Å²) in [5.41, 5.74) is 2.13. The van der Waals surface area contributed by atoms with Gasteiger partial charge in [-0.1, -0.05) is 18.2 Å². The molecule has 0 unspecified atom stereocenters. The molecule has 3 aromatic rings. The molecule has 0 bridgehead atoms. The van der Waals surface area contributed by atoms with Crippen LogP contribution in [0.25, 0.3) is 22.9 Å². The average molecular weight is 283 g/mol. The van der Waals surface area contributed by atoms with Gasteiger partial charge in [0.2, 0.25) is 5.89 Å². The van der Waals surface area contributed by atoms with E-state index < -0.39 is 0 Å². The number of halogens is 1. The average Bonchev–Trinajstić information content (AvgIpc) is 2.97. The highest BCUT2D eigenvalue weighted by Crippen LogP contribution is 2.27. The van der Waals surface area contributed by atoms with E-state index in [9.17, 15) is 4.39 Å². The molecule has 0 aliphatic carbocycles. The van der Waals surface area contributed by atoms with Crippen molar-refractivity contribution in [3.05, 3.63) is 54.3 Å². The van der Waals surface area contributed by atoms with E-state index in [0.717, 1.165) is 11.3 Å². The SMILES string of the molecule is CN(C)c1cccc(-c2nnc(-c3ccccc3F)o2)c1. The molecule has 3 rings (SSSR count). The summed E-state index contributed by atoms with van der Waals surface area (Å²) in [6.07, 6.45) is 0. The van der Waals surface area contributed by atoms with Crippen molar-refractivity contribution in [3.8, 4) is 22.9 Å². The Morgan fingerprint density at radius 3 is 2.48 bits per heavy atom. The zero-order chi connectivity index (χ0) is 14.8. The van der Waals surface area contributed by atoms with Crippen LogP contribution in [0, 0.1) is 5.82 Å². The van der Waals surface area contributed by atoms with Crippen LogP contribution in [0.2, 0.25) is 0 Å². The van der Waals surface area contributed by atoms with Crippen LogP contribution >= 0.6 is 0 Å². The zero-order valence-electron chi connectivity index (χ0n) is 11.7. The Morgan fingerprint density at radius 1 is 0.952 bits per heavy atom. The summed E-state index contributed by atoms with van der Waals surface area (Å²) in [4.78, 5) is 1.98. The van der Waals surface area contributed by atoms with Crippen LogP contribution in [-0.2, 0) is 0 Å². The Bertz CT molecular complexity index is 767. The highest BCUT2D eigenvalue weighted by molar-refractivity contribution is 5.63. The third kappa shape index (κ3) is 2.63. The molecule has 106 valence electrons. The van der Waals surface area contributed by atoms with E-state index in [2.05, 4.69) is 10.2 Å². The Morgan fingerprint density at radius 2 is 1.71 bits per heavy atom. The lowest BCUT2D eigenvalue weighted by molar-refractivity contribution is 0.570. The number of rotatable bonds is 3. The maximum absolute atomic E-state index is 13.7. The van der Waals surface area contributed by atoms with Crippen molar-refractivity contribution in [1.29, 1.82) is 0 Å². The van der Waals surface area contributed by atoms with Crippen LogP contribution in [0.3, 0.4) is 0 Å². The molecule has 0 radical (unpaired) electrons. The Kier molecular flexibility index (Phi) is 3.39. The van der Waals surface area contributed by atoms with Crippen molar-refractivity contribution in [1.82, 2.24) is 10.2 Å². The summed E-state index contributed by atoms with van der Waals surface area (Å²) in [7, 11) is 3.91. The summed E-state index contributed by atoms with van der Waals surface area (Å²) in [6, 6.07) is 14.1. The summed E-state index contributed by atoms with van der Waals surface area (Å²) < 4.78 is 19.3. The molecule has 21 heavy (non-hydrogen) atoms. The Hall–Kier alpha value is -2.69. The van der Waals surface area contributed by atoms with Gasteiger partial charge in [-0.2, -0.15) is 0 Å². The Balaban J connectivity index is 1.99. The number of hydrogen-bond acceptors (Lipinski definition) is 4. The van der Waals surface area contributed by atoms with Crippen molar-refractivity contribution in [3.63, 3.8) is 0 Å². The first-order chi connectivity index (χ1) is 10.1. The molecule has 0 N–H and O–H groups in total.